The van der Waals surface area contributed by atoms with E-state index in [0.717, 1.165) is 50.4 Å². The summed E-state index contributed by atoms with van der Waals surface area (Å²) in [4.78, 5) is 12.0. The van der Waals surface area contributed by atoms with Crippen LogP contribution in [0.3, 0.4) is 0 Å². The maximum atomic E-state index is 12.0. The molecule has 1 aromatic rings. The first-order chi connectivity index (χ1) is 14.4. The molecule has 1 N–H and O–H groups in total. The van der Waals surface area contributed by atoms with Gasteiger partial charge in [-0.05, 0) is 64.5 Å². The number of phenolic OH excluding ortho intramolecular Hbond substituents is 1. The third kappa shape index (κ3) is 8.35. The Morgan fingerprint density at radius 3 is 2.47 bits per heavy atom. The highest BCUT2D eigenvalue weighted by Crippen LogP contribution is 2.36. The molecule has 4 heteroatoms. The van der Waals surface area contributed by atoms with Crippen molar-refractivity contribution in [1.29, 1.82) is 0 Å². The fourth-order valence-electron chi connectivity index (χ4n) is 3.38. The van der Waals surface area contributed by atoms with Gasteiger partial charge in [0.05, 0.1) is 5.56 Å². The fourth-order valence-corrected chi connectivity index (χ4v) is 3.38. The minimum Gasteiger partial charge on any atom is -0.508 e. The van der Waals surface area contributed by atoms with E-state index in [1.165, 1.54) is 11.1 Å². The van der Waals surface area contributed by atoms with E-state index in [-0.39, 0.29) is 5.75 Å². The summed E-state index contributed by atoms with van der Waals surface area (Å²) < 4.78 is 11.5. The molecule has 0 spiro atoms. The number of rotatable bonds is 14. The van der Waals surface area contributed by atoms with Crippen molar-refractivity contribution in [3.05, 3.63) is 46.1 Å². The number of phenols is 1. The van der Waals surface area contributed by atoms with E-state index in [1.807, 2.05) is 6.92 Å². The highest BCUT2D eigenvalue weighted by Gasteiger charge is 2.21. The van der Waals surface area contributed by atoms with E-state index in [2.05, 4.69) is 39.8 Å². The predicted octanol–water partition coefficient (Wildman–Crippen LogP) is 6.93. The molecule has 0 saturated heterocycles. The van der Waals surface area contributed by atoms with Gasteiger partial charge >= 0.3 is 0 Å². The number of aldehydes is 1. The number of benzene rings is 1. The minimum atomic E-state index is -0.463. The minimum absolute atomic E-state index is 0.182. The van der Waals surface area contributed by atoms with Crippen LogP contribution < -0.4 is 4.74 Å². The Hall–Kier alpha value is -2.07. The van der Waals surface area contributed by atoms with E-state index >= 15 is 0 Å². The maximum Gasteiger partial charge on any atom is 0.199 e. The van der Waals surface area contributed by atoms with E-state index in [0.29, 0.717) is 29.7 Å². The molecule has 168 valence electrons. The highest BCUT2D eigenvalue weighted by molar-refractivity contribution is 5.84. The maximum absolute atomic E-state index is 12.0. The number of aryl methyl sites for hydroxylation is 1. The Bertz CT molecular complexity index is 723. The van der Waals surface area contributed by atoms with Crippen LogP contribution in [0, 0.1) is 0 Å². The third-order valence-electron chi connectivity index (χ3n) is 5.24. The lowest BCUT2D eigenvalue weighted by atomic mass is 9.95. The van der Waals surface area contributed by atoms with Gasteiger partial charge in [0.2, 0.25) is 0 Å². The zero-order valence-corrected chi connectivity index (χ0v) is 19.7. The molecule has 0 saturated carbocycles. The molecule has 1 unspecified atom stereocenters. The Morgan fingerprint density at radius 2 is 1.90 bits per heavy atom. The van der Waals surface area contributed by atoms with E-state index < -0.39 is 6.29 Å². The Kier molecular flexibility index (Phi) is 12.1. The average molecular weight is 417 g/mol. The number of carbonyl (C=O) groups excluding carboxylic acids is 1. The topological polar surface area (TPSA) is 55.8 Å². The number of hydrogen-bond acceptors (Lipinski definition) is 4. The van der Waals surface area contributed by atoms with Crippen molar-refractivity contribution in [1.82, 2.24) is 0 Å². The number of allylic oxidation sites excluding steroid dienone is 4. The van der Waals surface area contributed by atoms with Gasteiger partial charge in [0.25, 0.3) is 0 Å². The number of ether oxygens (including phenoxy) is 2. The van der Waals surface area contributed by atoms with Crippen molar-refractivity contribution < 1.29 is 19.4 Å². The second-order valence-corrected chi connectivity index (χ2v) is 8.12. The van der Waals surface area contributed by atoms with E-state index in [9.17, 15) is 9.90 Å². The van der Waals surface area contributed by atoms with Gasteiger partial charge in [-0.3, -0.25) is 4.79 Å². The number of carbonyl (C=O) groups is 1. The number of hydrogen-bond donors (Lipinski definition) is 1. The van der Waals surface area contributed by atoms with Crippen LogP contribution in [0.4, 0.5) is 0 Å². The van der Waals surface area contributed by atoms with Crippen LogP contribution in [0.5, 0.6) is 11.5 Å². The molecular weight excluding hydrogens is 376 g/mol. The van der Waals surface area contributed by atoms with Gasteiger partial charge in [-0.2, -0.15) is 0 Å². The van der Waals surface area contributed by atoms with Gasteiger partial charge in [-0.15, -0.1) is 0 Å². The molecule has 0 fully saturated rings. The van der Waals surface area contributed by atoms with Crippen LogP contribution in [0.2, 0.25) is 0 Å². The summed E-state index contributed by atoms with van der Waals surface area (Å²) in [5.74, 6) is 0.639. The Morgan fingerprint density at radius 1 is 1.17 bits per heavy atom. The van der Waals surface area contributed by atoms with Gasteiger partial charge in [0.1, 0.15) is 11.5 Å². The normalized spacial score (nSPS) is 12.5. The zero-order chi connectivity index (χ0) is 22.5. The van der Waals surface area contributed by atoms with E-state index in [4.69, 9.17) is 9.47 Å². The summed E-state index contributed by atoms with van der Waals surface area (Å²) in [7, 11) is 1.59. The molecule has 0 heterocycles. The quantitative estimate of drug-likeness (QED) is 0.154. The molecular formula is C26H40O4. The molecule has 0 amide bonds. The molecule has 0 aliphatic carbocycles. The number of methoxy groups -OCH3 is 1. The molecule has 30 heavy (non-hydrogen) atoms. The Labute approximate surface area is 183 Å². The van der Waals surface area contributed by atoms with Gasteiger partial charge < -0.3 is 14.6 Å². The van der Waals surface area contributed by atoms with E-state index in [1.54, 1.807) is 13.2 Å². The fraction of sp³-hybridized carbons (Fsp3) is 0.577. The summed E-state index contributed by atoms with van der Waals surface area (Å²) in [6.45, 7) is 10.4. The molecule has 0 aromatic heterocycles. The summed E-state index contributed by atoms with van der Waals surface area (Å²) in [6.07, 6.45) is 11.7. The highest BCUT2D eigenvalue weighted by atomic mass is 16.7. The molecule has 0 aliphatic heterocycles. The smallest absolute Gasteiger partial charge is 0.199 e. The van der Waals surface area contributed by atoms with Crippen LogP contribution in [-0.2, 0) is 17.6 Å². The molecule has 0 radical (unpaired) electrons. The van der Waals surface area contributed by atoms with Crippen molar-refractivity contribution in [3.63, 3.8) is 0 Å². The van der Waals surface area contributed by atoms with Gasteiger partial charge in [0.15, 0.2) is 12.6 Å². The SMILES string of the molecule is CCCCCc1cc(O)c(C/C=C(\C)CCC=C(C)C)c(OC(CC)OC)c1C=O. The number of unbranched alkanes of at least 4 members (excludes halogenated alkanes) is 2. The first-order valence-corrected chi connectivity index (χ1v) is 11.2. The first kappa shape index (κ1) is 26.0. The van der Waals surface area contributed by atoms with Gasteiger partial charge in [0, 0.05) is 19.1 Å². The summed E-state index contributed by atoms with van der Waals surface area (Å²) >= 11 is 0. The lowest BCUT2D eigenvalue weighted by Gasteiger charge is -2.22. The van der Waals surface area contributed by atoms with Gasteiger partial charge in [-0.25, -0.2) is 0 Å². The average Bonchev–Trinajstić information content (AvgIpc) is 2.71. The van der Waals surface area contributed by atoms with Crippen LogP contribution >= 0.6 is 0 Å². The molecule has 1 aromatic carbocycles. The summed E-state index contributed by atoms with van der Waals surface area (Å²) in [6, 6.07) is 1.74. The predicted molar refractivity (Wildman–Crippen MR) is 125 cm³/mol. The lowest BCUT2D eigenvalue weighted by Crippen LogP contribution is -2.19. The Balaban J connectivity index is 3.27. The molecule has 4 nitrogen and oxygen atoms in total. The van der Waals surface area contributed by atoms with Crippen LogP contribution in [0.25, 0.3) is 0 Å². The second kappa shape index (κ2) is 14.0. The summed E-state index contributed by atoms with van der Waals surface area (Å²) in [5.41, 5.74) is 4.58. The van der Waals surface area contributed by atoms with Gasteiger partial charge in [-0.1, -0.05) is 50.0 Å². The molecule has 0 bridgehead atoms. The zero-order valence-electron chi connectivity index (χ0n) is 19.7. The molecule has 0 aliphatic rings. The third-order valence-corrected chi connectivity index (χ3v) is 5.24. The first-order valence-electron chi connectivity index (χ1n) is 11.2. The van der Waals surface area contributed by atoms with Crippen molar-refractivity contribution in [2.75, 3.05) is 7.11 Å². The largest absolute Gasteiger partial charge is 0.508 e. The van der Waals surface area contributed by atoms with Crippen molar-refractivity contribution >= 4 is 6.29 Å². The summed E-state index contributed by atoms with van der Waals surface area (Å²) in [5, 5.41) is 10.8. The van der Waals surface area contributed by atoms with Crippen molar-refractivity contribution in [3.8, 4) is 11.5 Å². The van der Waals surface area contributed by atoms with Crippen molar-refractivity contribution in [2.45, 2.75) is 92.3 Å². The van der Waals surface area contributed by atoms with Crippen LogP contribution in [-0.4, -0.2) is 24.8 Å². The van der Waals surface area contributed by atoms with Crippen LogP contribution in [0.15, 0.2) is 29.4 Å². The monoisotopic (exact) mass is 416 g/mol. The van der Waals surface area contributed by atoms with Crippen molar-refractivity contribution in [2.24, 2.45) is 0 Å². The van der Waals surface area contributed by atoms with Crippen LogP contribution in [0.1, 0.15) is 94.6 Å². The number of aromatic hydroxyl groups is 1. The standard InChI is InChI=1S/C26H40O4/c1-7-9-10-14-21-17-24(28)22(16-15-20(5)13-11-12-19(3)4)26(23(21)18-27)30-25(8-2)29-6/h12,15,17-18,25,28H,7-11,13-14,16H2,1-6H3/b20-15+. The second-order valence-electron chi connectivity index (χ2n) is 8.12. The lowest BCUT2D eigenvalue weighted by molar-refractivity contribution is -0.0556. The molecule has 1 atom stereocenters. The molecule has 1 rings (SSSR count).